The number of piperazine rings is 1. The van der Waals surface area contributed by atoms with E-state index in [1.54, 1.807) is 29.2 Å². The largest absolute Gasteiger partial charge is 0.336 e. The third kappa shape index (κ3) is 2.78. The molecule has 0 aliphatic carbocycles. The van der Waals surface area contributed by atoms with Gasteiger partial charge in [-0.25, -0.2) is 4.79 Å². The van der Waals surface area contributed by atoms with Crippen LogP contribution in [0, 0.1) is 0 Å². The monoisotopic (exact) mass is 231 g/mol. The van der Waals surface area contributed by atoms with Crippen molar-refractivity contribution in [2.75, 3.05) is 26.2 Å². The second-order valence-electron chi connectivity index (χ2n) is 3.80. The lowest BCUT2D eigenvalue weighted by Gasteiger charge is -2.27. The Labute approximate surface area is 99.1 Å². The lowest BCUT2D eigenvalue weighted by molar-refractivity contribution is 0.0736. The van der Waals surface area contributed by atoms with E-state index in [9.17, 15) is 9.59 Å². The number of rotatable bonds is 2. The van der Waals surface area contributed by atoms with Crippen LogP contribution in [0.2, 0.25) is 0 Å². The van der Waals surface area contributed by atoms with Crippen LogP contribution in [0.25, 0.3) is 0 Å². The van der Waals surface area contributed by atoms with E-state index in [-0.39, 0.29) is 5.91 Å². The summed E-state index contributed by atoms with van der Waals surface area (Å²) in [4.78, 5) is 27.6. The number of carbonyl (C=O) groups excluding carboxylic acids is 2. The molecule has 0 saturated carbocycles. The van der Waals surface area contributed by atoms with E-state index in [0.29, 0.717) is 24.3 Å². The van der Waals surface area contributed by atoms with Gasteiger partial charge in [0.25, 0.3) is 5.91 Å². The second-order valence-corrected chi connectivity index (χ2v) is 3.80. The molecule has 17 heavy (non-hydrogen) atoms. The van der Waals surface area contributed by atoms with Crippen molar-refractivity contribution in [3.8, 4) is 0 Å². The molecule has 2 rings (SSSR count). The fourth-order valence-electron chi connectivity index (χ4n) is 1.81. The van der Waals surface area contributed by atoms with Crippen LogP contribution in [0.15, 0.2) is 29.3 Å². The number of hydrogen-bond acceptors (Lipinski definition) is 4. The minimum atomic E-state index is -0.0190. The van der Waals surface area contributed by atoms with Crippen molar-refractivity contribution in [1.82, 2.24) is 10.2 Å². The summed E-state index contributed by atoms with van der Waals surface area (Å²) in [6, 6.07) is 6.72. The minimum Gasteiger partial charge on any atom is -0.336 e. The zero-order valence-electron chi connectivity index (χ0n) is 9.35. The predicted molar refractivity (Wildman–Crippen MR) is 63.0 cm³/mol. The molecule has 1 aliphatic heterocycles. The fraction of sp³-hybridized carbons (Fsp3) is 0.333. The summed E-state index contributed by atoms with van der Waals surface area (Å²) < 4.78 is 0. The highest BCUT2D eigenvalue weighted by atomic mass is 16.2. The van der Waals surface area contributed by atoms with Crippen molar-refractivity contribution in [3.63, 3.8) is 0 Å². The molecule has 5 nitrogen and oxygen atoms in total. The van der Waals surface area contributed by atoms with E-state index >= 15 is 0 Å². The van der Waals surface area contributed by atoms with Crippen LogP contribution in [-0.4, -0.2) is 43.1 Å². The summed E-state index contributed by atoms with van der Waals surface area (Å²) in [5, 5.41) is 3.19. The van der Waals surface area contributed by atoms with Crippen LogP contribution in [0.3, 0.4) is 0 Å². The number of nitrogens with zero attached hydrogens (tertiary/aromatic N) is 2. The van der Waals surface area contributed by atoms with Crippen molar-refractivity contribution in [1.29, 1.82) is 0 Å². The van der Waals surface area contributed by atoms with Crippen molar-refractivity contribution < 1.29 is 9.59 Å². The Morgan fingerprint density at radius 1 is 1.35 bits per heavy atom. The number of benzene rings is 1. The number of aliphatic imine (C=N–C) groups is 1. The van der Waals surface area contributed by atoms with Crippen LogP contribution in [0.1, 0.15) is 10.4 Å². The van der Waals surface area contributed by atoms with Gasteiger partial charge in [-0.2, -0.15) is 4.99 Å². The molecule has 0 atom stereocenters. The molecule has 0 spiro atoms. The van der Waals surface area contributed by atoms with Gasteiger partial charge in [0, 0.05) is 31.7 Å². The molecular formula is C12H13N3O2. The standard InChI is InChI=1S/C12H13N3O2/c16-9-14-11-3-1-2-10(8-11)12(17)15-6-4-13-5-7-15/h1-3,8,13H,4-7H2. The molecule has 1 aromatic carbocycles. The molecule has 1 aromatic rings. The Balaban J connectivity index is 2.17. The van der Waals surface area contributed by atoms with E-state index in [0.717, 1.165) is 13.1 Å². The third-order valence-electron chi connectivity index (χ3n) is 2.67. The first-order chi connectivity index (χ1) is 8.31. The average Bonchev–Trinajstić information content (AvgIpc) is 2.40. The van der Waals surface area contributed by atoms with Crippen molar-refractivity contribution in [3.05, 3.63) is 29.8 Å². The first-order valence-electron chi connectivity index (χ1n) is 5.49. The molecule has 1 N–H and O–H groups in total. The van der Waals surface area contributed by atoms with Gasteiger partial charge in [-0.15, -0.1) is 0 Å². The Morgan fingerprint density at radius 2 is 2.12 bits per heavy atom. The van der Waals surface area contributed by atoms with Gasteiger partial charge in [0.15, 0.2) is 0 Å². The van der Waals surface area contributed by atoms with Crippen LogP contribution in [0.4, 0.5) is 5.69 Å². The van der Waals surface area contributed by atoms with Gasteiger partial charge >= 0.3 is 0 Å². The Hall–Kier alpha value is -1.97. The number of amides is 1. The first-order valence-corrected chi connectivity index (χ1v) is 5.49. The Bertz CT molecular complexity index is 461. The lowest BCUT2D eigenvalue weighted by Crippen LogP contribution is -2.46. The van der Waals surface area contributed by atoms with Gasteiger partial charge in [-0.1, -0.05) is 6.07 Å². The van der Waals surface area contributed by atoms with Gasteiger partial charge in [-0.05, 0) is 18.2 Å². The van der Waals surface area contributed by atoms with Crippen LogP contribution < -0.4 is 5.32 Å². The zero-order chi connectivity index (χ0) is 12.1. The highest BCUT2D eigenvalue weighted by Gasteiger charge is 2.17. The molecule has 1 fully saturated rings. The van der Waals surface area contributed by atoms with Gasteiger partial charge in [0.1, 0.15) is 0 Å². The van der Waals surface area contributed by atoms with Crippen molar-refractivity contribution in [2.45, 2.75) is 0 Å². The molecule has 1 heterocycles. The molecule has 88 valence electrons. The molecule has 1 amide bonds. The average molecular weight is 231 g/mol. The van der Waals surface area contributed by atoms with Crippen molar-refractivity contribution in [2.24, 2.45) is 4.99 Å². The van der Waals surface area contributed by atoms with Gasteiger partial charge in [0.05, 0.1) is 5.69 Å². The molecule has 1 saturated heterocycles. The first kappa shape index (κ1) is 11.5. The molecule has 0 unspecified atom stereocenters. The SMILES string of the molecule is O=C=Nc1cccc(C(=O)N2CCNCC2)c1. The highest BCUT2D eigenvalue weighted by Crippen LogP contribution is 2.15. The number of nitrogens with one attached hydrogen (secondary N) is 1. The minimum absolute atomic E-state index is 0.0190. The maximum atomic E-state index is 12.1. The molecule has 0 bridgehead atoms. The van der Waals surface area contributed by atoms with Crippen LogP contribution in [-0.2, 0) is 4.79 Å². The van der Waals surface area contributed by atoms with Crippen LogP contribution >= 0.6 is 0 Å². The number of isocyanates is 1. The molecular weight excluding hydrogens is 218 g/mol. The lowest BCUT2D eigenvalue weighted by atomic mass is 10.1. The summed E-state index contributed by atoms with van der Waals surface area (Å²) in [7, 11) is 0. The number of carbonyl (C=O) groups is 1. The van der Waals surface area contributed by atoms with Gasteiger partial charge < -0.3 is 10.2 Å². The molecule has 5 heteroatoms. The predicted octanol–water partition coefficient (Wildman–Crippen LogP) is 0.699. The second kappa shape index (κ2) is 5.39. The summed E-state index contributed by atoms with van der Waals surface area (Å²) >= 11 is 0. The Morgan fingerprint density at radius 3 is 2.82 bits per heavy atom. The van der Waals surface area contributed by atoms with E-state index in [1.165, 1.54) is 6.08 Å². The maximum absolute atomic E-state index is 12.1. The quantitative estimate of drug-likeness (QED) is 0.602. The molecule has 0 radical (unpaired) electrons. The summed E-state index contributed by atoms with van der Waals surface area (Å²) in [5.41, 5.74) is 1.02. The topological polar surface area (TPSA) is 61.8 Å². The summed E-state index contributed by atoms with van der Waals surface area (Å²) in [6.07, 6.45) is 1.47. The van der Waals surface area contributed by atoms with E-state index in [4.69, 9.17) is 0 Å². The summed E-state index contributed by atoms with van der Waals surface area (Å²) in [6.45, 7) is 3.05. The zero-order valence-corrected chi connectivity index (χ0v) is 9.35. The molecule has 1 aliphatic rings. The highest BCUT2D eigenvalue weighted by molar-refractivity contribution is 5.95. The molecule has 0 aromatic heterocycles. The Kier molecular flexibility index (Phi) is 3.65. The fourth-order valence-corrected chi connectivity index (χ4v) is 1.81. The summed E-state index contributed by atoms with van der Waals surface area (Å²) in [5.74, 6) is -0.0190. The van der Waals surface area contributed by atoms with Gasteiger partial charge in [0.2, 0.25) is 6.08 Å². The van der Waals surface area contributed by atoms with E-state index in [1.807, 2.05) is 0 Å². The normalized spacial score (nSPS) is 15.2. The van der Waals surface area contributed by atoms with Crippen LogP contribution in [0.5, 0.6) is 0 Å². The number of hydrogen-bond donors (Lipinski definition) is 1. The third-order valence-corrected chi connectivity index (χ3v) is 2.67. The maximum Gasteiger partial charge on any atom is 0.254 e. The van der Waals surface area contributed by atoms with Crippen molar-refractivity contribution >= 4 is 17.7 Å². The smallest absolute Gasteiger partial charge is 0.254 e. The van der Waals surface area contributed by atoms with E-state index < -0.39 is 0 Å². The van der Waals surface area contributed by atoms with E-state index in [2.05, 4.69) is 10.3 Å². The van der Waals surface area contributed by atoms with Gasteiger partial charge in [-0.3, -0.25) is 4.79 Å².